The van der Waals surface area contributed by atoms with Crippen LogP contribution in [0.25, 0.3) is 0 Å². The molecule has 1 amide bonds. The van der Waals surface area contributed by atoms with Gasteiger partial charge in [0.25, 0.3) is 0 Å². The van der Waals surface area contributed by atoms with E-state index in [1.54, 1.807) is 0 Å². The first-order chi connectivity index (χ1) is 29.2. The second kappa shape index (κ2) is 39.7. The Kier molecular flexibility index (Phi) is 37.8. The highest BCUT2D eigenvalue weighted by atomic mass is 16.7. The van der Waals surface area contributed by atoms with E-state index in [0.29, 0.717) is 19.3 Å². The predicted octanol–water partition coefficient (Wildman–Crippen LogP) is 9.06. The zero-order valence-electron chi connectivity index (χ0n) is 38.7. The molecule has 60 heavy (non-hydrogen) atoms. The Labute approximate surface area is 367 Å². The minimum atomic E-state index is -1.66. The topological polar surface area (TPSA) is 189 Å². The van der Waals surface area contributed by atoms with Gasteiger partial charge in [-0.1, -0.05) is 226 Å². The predicted molar refractivity (Wildman–Crippen MR) is 243 cm³/mol. The maximum atomic E-state index is 13.1. The average Bonchev–Trinajstić information content (AvgIpc) is 3.25. The SMILES string of the molecule is CCCCCCCCCCCCCCCCCCCCCC[C@@H](O)C(=O)N[C@@H](CO[C@H]1O[C@H](CO)[C@@H](O)[C@H](O)[C@H]1O)[C@H](O)[C@H](O)CCCCCCCCCCCCCCC. The molecule has 1 heterocycles. The van der Waals surface area contributed by atoms with Crippen molar-refractivity contribution >= 4 is 5.91 Å². The van der Waals surface area contributed by atoms with E-state index in [9.17, 15) is 40.5 Å². The van der Waals surface area contributed by atoms with Crippen LogP contribution in [-0.4, -0.2) is 110 Å². The smallest absolute Gasteiger partial charge is 0.249 e. The van der Waals surface area contributed by atoms with Crippen LogP contribution in [0.2, 0.25) is 0 Å². The number of aliphatic hydroxyl groups excluding tert-OH is 7. The highest BCUT2D eigenvalue weighted by Gasteiger charge is 2.44. The van der Waals surface area contributed by atoms with Gasteiger partial charge in [-0.15, -0.1) is 0 Å². The first-order valence-electron chi connectivity index (χ1n) is 25.4. The first-order valence-corrected chi connectivity index (χ1v) is 25.4. The van der Waals surface area contributed by atoms with Gasteiger partial charge in [-0.3, -0.25) is 4.79 Å². The van der Waals surface area contributed by atoms with E-state index in [0.717, 1.165) is 38.5 Å². The number of ether oxygens (including phenoxy) is 2. The molecule has 0 bridgehead atoms. The van der Waals surface area contributed by atoms with Gasteiger partial charge in [-0.2, -0.15) is 0 Å². The highest BCUT2D eigenvalue weighted by Crippen LogP contribution is 2.23. The third kappa shape index (κ3) is 28.7. The molecule has 0 spiro atoms. The number of aliphatic hydroxyl groups is 7. The van der Waals surface area contributed by atoms with Crippen LogP contribution in [0.1, 0.15) is 239 Å². The standard InChI is InChI=1S/C49H97NO10/c1-3-5-7-9-11-13-15-17-18-19-20-21-22-23-25-27-29-31-33-35-37-42(53)48(58)50-40(39-59-49-47(57)46(56)45(55)43(38-51)60-49)44(54)41(52)36-34-32-30-28-26-24-16-14-12-10-8-6-4-2/h40-47,49,51-57H,3-39H2,1-2H3,(H,50,58)/t40-,41+,42+,43+,44-,45+,46-,47+,49-/m0/s1. The minimum Gasteiger partial charge on any atom is -0.394 e. The molecule has 1 fully saturated rings. The number of rotatable bonds is 43. The fourth-order valence-electron chi connectivity index (χ4n) is 8.44. The molecule has 0 saturated carbocycles. The van der Waals surface area contributed by atoms with Crippen molar-refractivity contribution in [1.29, 1.82) is 0 Å². The molecule has 8 N–H and O–H groups in total. The number of carbonyl (C=O) groups is 1. The summed E-state index contributed by atoms with van der Waals surface area (Å²) in [5, 5.41) is 75.8. The Hall–Kier alpha value is -0.890. The lowest BCUT2D eigenvalue weighted by molar-refractivity contribution is -0.303. The fraction of sp³-hybridized carbons (Fsp3) is 0.980. The van der Waals surface area contributed by atoms with Crippen molar-refractivity contribution < 1.29 is 50.0 Å². The molecule has 0 radical (unpaired) electrons. The van der Waals surface area contributed by atoms with Gasteiger partial charge >= 0.3 is 0 Å². The van der Waals surface area contributed by atoms with E-state index in [1.165, 1.54) is 161 Å². The maximum Gasteiger partial charge on any atom is 0.249 e. The minimum absolute atomic E-state index is 0.267. The number of hydrogen-bond donors (Lipinski definition) is 8. The van der Waals surface area contributed by atoms with Crippen LogP contribution in [0.5, 0.6) is 0 Å². The van der Waals surface area contributed by atoms with Crippen molar-refractivity contribution in [1.82, 2.24) is 5.32 Å². The van der Waals surface area contributed by atoms with E-state index in [1.807, 2.05) is 0 Å². The van der Waals surface area contributed by atoms with Crippen molar-refractivity contribution in [3.8, 4) is 0 Å². The van der Waals surface area contributed by atoms with Gasteiger partial charge in [0.1, 0.15) is 36.6 Å². The van der Waals surface area contributed by atoms with Gasteiger partial charge in [0.15, 0.2) is 6.29 Å². The van der Waals surface area contributed by atoms with Crippen LogP contribution in [0.15, 0.2) is 0 Å². The van der Waals surface area contributed by atoms with Crippen molar-refractivity contribution in [3.63, 3.8) is 0 Å². The van der Waals surface area contributed by atoms with E-state index in [-0.39, 0.29) is 6.42 Å². The summed E-state index contributed by atoms with van der Waals surface area (Å²) in [5.41, 5.74) is 0. The van der Waals surface area contributed by atoms with Gasteiger partial charge in [-0.05, 0) is 12.8 Å². The Morgan fingerprint density at radius 2 is 0.867 bits per heavy atom. The third-order valence-electron chi connectivity index (χ3n) is 12.7. The summed E-state index contributed by atoms with van der Waals surface area (Å²) >= 11 is 0. The van der Waals surface area contributed by atoms with Crippen LogP contribution in [-0.2, 0) is 14.3 Å². The lowest BCUT2D eigenvalue weighted by atomic mass is 9.98. The fourth-order valence-corrected chi connectivity index (χ4v) is 8.44. The number of nitrogens with one attached hydrogen (secondary N) is 1. The quantitative estimate of drug-likeness (QED) is 0.0275. The molecular formula is C49H97NO10. The number of unbranched alkanes of at least 4 members (excludes halogenated alkanes) is 31. The summed E-state index contributed by atoms with van der Waals surface area (Å²) < 4.78 is 11.1. The van der Waals surface area contributed by atoms with Crippen LogP contribution >= 0.6 is 0 Å². The summed E-state index contributed by atoms with van der Waals surface area (Å²) in [6.07, 6.45) is 30.0. The lowest BCUT2D eigenvalue weighted by Gasteiger charge is -2.40. The Bertz CT molecular complexity index is 944. The zero-order chi connectivity index (χ0) is 44.1. The van der Waals surface area contributed by atoms with Crippen molar-refractivity contribution in [3.05, 3.63) is 0 Å². The number of amides is 1. The second-order valence-corrected chi connectivity index (χ2v) is 18.3. The molecule has 0 unspecified atom stereocenters. The Morgan fingerprint density at radius 1 is 0.517 bits per heavy atom. The van der Waals surface area contributed by atoms with Crippen LogP contribution in [0, 0.1) is 0 Å². The molecule has 9 atom stereocenters. The molecule has 11 nitrogen and oxygen atoms in total. The lowest BCUT2D eigenvalue weighted by Crippen LogP contribution is -2.60. The number of hydrogen-bond acceptors (Lipinski definition) is 10. The summed E-state index contributed by atoms with van der Waals surface area (Å²) in [5.74, 6) is -0.692. The summed E-state index contributed by atoms with van der Waals surface area (Å²) in [6, 6.07) is -1.16. The second-order valence-electron chi connectivity index (χ2n) is 18.3. The van der Waals surface area contributed by atoms with Crippen LogP contribution < -0.4 is 5.32 Å². The van der Waals surface area contributed by atoms with E-state index in [2.05, 4.69) is 19.2 Å². The normalized spacial score (nSPS) is 21.5. The van der Waals surface area contributed by atoms with E-state index in [4.69, 9.17) is 9.47 Å². The van der Waals surface area contributed by atoms with Gasteiger partial charge in [-0.25, -0.2) is 0 Å². The molecule has 358 valence electrons. The molecule has 1 aliphatic rings. The molecule has 1 rings (SSSR count). The summed E-state index contributed by atoms with van der Waals surface area (Å²) in [4.78, 5) is 13.1. The van der Waals surface area contributed by atoms with Gasteiger partial charge in [0, 0.05) is 0 Å². The monoisotopic (exact) mass is 860 g/mol. The molecule has 11 heteroatoms. The molecule has 0 aromatic rings. The zero-order valence-corrected chi connectivity index (χ0v) is 38.7. The van der Waals surface area contributed by atoms with Gasteiger partial charge < -0.3 is 50.5 Å². The molecule has 0 aromatic carbocycles. The average molecular weight is 860 g/mol. The first kappa shape index (κ1) is 57.1. The Balaban J connectivity index is 2.36. The largest absolute Gasteiger partial charge is 0.394 e. The van der Waals surface area contributed by atoms with Crippen molar-refractivity contribution in [2.75, 3.05) is 13.2 Å². The molecule has 1 saturated heterocycles. The van der Waals surface area contributed by atoms with Crippen molar-refractivity contribution in [2.45, 2.75) is 294 Å². The Morgan fingerprint density at radius 3 is 1.23 bits per heavy atom. The maximum absolute atomic E-state index is 13.1. The third-order valence-corrected chi connectivity index (χ3v) is 12.7. The van der Waals surface area contributed by atoms with E-state index < -0.39 is 74.2 Å². The van der Waals surface area contributed by atoms with Crippen LogP contribution in [0.4, 0.5) is 0 Å². The molecule has 0 aliphatic carbocycles. The van der Waals surface area contributed by atoms with Crippen LogP contribution in [0.3, 0.4) is 0 Å². The molecular weight excluding hydrogens is 763 g/mol. The van der Waals surface area contributed by atoms with E-state index >= 15 is 0 Å². The molecule has 0 aromatic heterocycles. The van der Waals surface area contributed by atoms with Gasteiger partial charge in [0.05, 0.1) is 25.4 Å². The number of carbonyl (C=O) groups excluding carboxylic acids is 1. The molecule has 1 aliphatic heterocycles. The van der Waals surface area contributed by atoms with Gasteiger partial charge in [0.2, 0.25) is 5.91 Å². The summed E-state index contributed by atoms with van der Waals surface area (Å²) in [7, 11) is 0. The van der Waals surface area contributed by atoms with Crippen molar-refractivity contribution in [2.24, 2.45) is 0 Å². The summed E-state index contributed by atoms with van der Waals surface area (Å²) in [6.45, 7) is 3.46. The highest BCUT2D eigenvalue weighted by molar-refractivity contribution is 5.80.